The quantitative estimate of drug-likeness (QED) is 0.797. The largest absolute Gasteiger partial charge is 0.388 e. The van der Waals surface area contributed by atoms with Crippen LogP contribution in [-0.2, 0) is 13.2 Å². The maximum atomic E-state index is 9.60. The number of hydrogen-bond donors (Lipinski definition) is 1. The molecule has 3 heteroatoms. The highest BCUT2D eigenvalue weighted by atomic mass is 16.3. The van der Waals surface area contributed by atoms with Crippen molar-refractivity contribution in [3.8, 4) is 0 Å². The van der Waals surface area contributed by atoms with Crippen LogP contribution in [0.3, 0.4) is 0 Å². The van der Waals surface area contributed by atoms with Crippen LogP contribution in [0.15, 0.2) is 36.4 Å². The molecular formula is C18H20N2O. The van der Waals surface area contributed by atoms with Gasteiger partial charge in [0.05, 0.1) is 11.0 Å². The van der Waals surface area contributed by atoms with E-state index >= 15 is 0 Å². The second-order valence-corrected chi connectivity index (χ2v) is 5.64. The number of benzene rings is 2. The van der Waals surface area contributed by atoms with E-state index in [1.54, 1.807) is 0 Å². The van der Waals surface area contributed by atoms with Crippen molar-refractivity contribution in [2.75, 3.05) is 0 Å². The zero-order valence-electron chi connectivity index (χ0n) is 12.7. The van der Waals surface area contributed by atoms with E-state index in [9.17, 15) is 5.11 Å². The lowest BCUT2D eigenvalue weighted by molar-refractivity contribution is 0.267. The average Bonchev–Trinajstić information content (AvgIpc) is 2.80. The first-order chi connectivity index (χ1) is 10.1. The standard InChI is InChI=1S/C18H20N2O/c1-12-8-13(2)15(14(3)9-12)10-20-17-7-5-4-6-16(17)19-18(20)11-21/h4-9,21H,10-11H2,1-3H3. The molecule has 0 aliphatic rings. The Bertz CT molecular complexity index is 779. The highest BCUT2D eigenvalue weighted by Crippen LogP contribution is 2.22. The number of imidazole rings is 1. The van der Waals surface area contributed by atoms with Crippen molar-refractivity contribution >= 4 is 11.0 Å². The van der Waals surface area contributed by atoms with Gasteiger partial charge in [0.25, 0.3) is 0 Å². The molecule has 3 rings (SSSR count). The summed E-state index contributed by atoms with van der Waals surface area (Å²) in [5, 5.41) is 9.60. The van der Waals surface area contributed by atoms with Gasteiger partial charge in [-0.05, 0) is 49.6 Å². The number of aliphatic hydroxyl groups excluding tert-OH is 1. The first kappa shape index (κ1) is 13.8. The van der Waals surface area contributed by atoms with Gasteiger partial charge in [-0.25, -0.2) is 4.98 Å². The molecule has 1 aromatic heterocycles. The van der Waals surface area contributed by atoms with Crippen molar-refractivity contribution in [3.05, 3.63) is 64.5 Å². The molecule has 0 radical (unpaired) electrons. The summed E-state index contributed by atoms with van der Waals surface area (Å²) in [6.07, 6.45) is 0. The van der Waals surface area contributed by atoms with E-state index < -0.39 is 0 Å². The van der Waals surface area contributed by atoms with Crippen LogP contribution in [0.5, 0.6) is 0 Å². The molecule has 1 heterocycles. The number of aliphatic hydroxyl groups is 1. The number of rotatable bonds is 3. The molecule has 3 aromatic rings. The first-order valence-electron chi connectivity index (χ1n) is 7.22. The Morgan fingerprint density at radius 3 is 2.38 bits per heavy atom. The van der Waals surface area contributed by atoms with Crippen LogP contribution in [0.25, 0.3) is 11.0 Å². The van der Waals surface area contributed by atoms with Gasteiger partial charge in [-0.3, -0.25) is 0 Å². The minimum absolute atomic E-state index is 0.0430. The van der Waals surface area contributed by atoms with Crippen LogP contribution in [0.1, 0.15) is 28.1 Å². The molecule has 0 saturated heterocycles. The van der Waals surface area contributed by atoms with Crippen LogP contribution in [0, 0.1) is 20.8 Å². The molecule has 0 saturated carbocycles. The fourth-order valence-corrected chi connectivity index (χ4v) is 3.04. The molecule has 21 heavy (non-hydrogen) atoms. The minimum Gasteiger partial charge on any atom is -0.388 e. The second kappa shape index (κ2) is 5.34. The van der Waals surface area contributed by atoms with E-state index in [-0.39, 0.29) is 6.61 Å². The van der Waals surface area contributed by atoms with Crippen LogP contribution in [-0.4, -0.2) is 14.7 Å². The molecule has 0 aliphatic heterocycles. The van der Waals surface area contributed by atoms with Gasteiger partial charge in [-0.15, -0.1) is 0 Å². The van der Waals surface area contributed by atoms with Gasteiger partial charge in [0.15, 0.2) is 0 Å². The van der Waals surface area contributed by atoms with Crippen molar-refractivity contribution in [1.29, 1.82) is 0 Å². The number of aromatic nitrogens is 2. The van der Waals surface area contributed by atoms with Gasteiger partial charge in [-0.1, -0.05) is 29.8 Å². The van der Waals surface area contributed by atoms with Gasteiger partial charge in [-0.2, -0.15) is 0 Å². The van der Waals surface area contributed by atoms with Crippen molar-refractivity contribution in [1.82, 2.24) is 9.55 Å². The molecule has 0 amide bonds. The van der Waals surface area contributed by atoms with Crippen LogP contribution >= 0.6 is 0 Å². The first-order valence-corrected chi connectivity index (χ1v) is 7.22. The molecule has 108 valence electrons. The average molecular weight is 280 g/mol. The number of para-hydroxylation sites is 2. The molecule has 3 nitrogen and oxygen atoms in total. The van der Waals surface area contributed by atoms with Crippen molar-refractivity contribution in [2.24, 2.45) is 0 Å². The Morgan fingerprint density at radius 1 is 1.05 bits per heavy atom. The van der Waals surface area contributed by atoms with E-state index in [1.165, 1.54) is 22.3 Å². The summed E-state index contributed by atoms with van der Waals surface area (Å²) in [7, 11) is 0. The smallest absolute Gasteiger partial charge is 0.136 e. The Morgan fingerprint density at radius 2 is 1.71 bits per heavy atom. The Hall–Kier alpha value is -2.13. The summed E-state index contributed by atoms with van der Waals surface area (Å²) in [6.45, 7) is 7.11. The molecule has 0 spiro atoms. The van der Waals surface area contributed by atoms with E-state index in [2.05, 4.69) is 48.5 Å². The Labute approximate surface area is 124 Å². The zero-order valence-corrected chi connectivity index (χ0v) is 12.7. The van der Waals surface area contributed by atoms with Gasteiger partial charge in [0.2, 0.25) is 0 Å². The van der Waals surface area contributed by atoms with Crippen molar-refractivity contribution < 1.29 is 5.11 Å². The summed E-state index contributed by atoms with van der Waals surface area (Å²) in [6, 6.07) is 12.4. The summed E-state index contributed by atoms with van der Waals surface area (Å²) < 4.78 is 2.11. The maximum Gasteiger partial charge on any atom is 0.136 e. The summed E-state index contributed by atoms with van der Waals surface area (Å²) >= 11 is 0. The molecule has 0 fully saturated rings. The predicted octanol–water partition coefficient (Wildman–Crippen LogP) is 3.50. The fraction of sp³-hybridized carbons (Fsp3) is 0.278. The molecule has 0 atom stereocenters. The van der Waals surface area contributed by atoms with Crippen LogP contribution in [0.4, 0.5) is 0 Å². The Kier molecular flexibility index (Phi) is 3.52. The fourth-order valence-electron chi connectivity index (χ4n) is 3.04. The SMILES string of the molecule is Cc1cc(C)c(Cn2c(CO)nc3ccccc32)c(C)c1. The van der Waals surface area contributed by atoms with E-state index in [1.807, 2.05) is 18.2 Å². The predicted molar refractivity (Wildman–Crippen MR) is 85.4 cm³/mol. The Balaban J connectivity index is 2.14. The third-order valence-electron chi connectivity index (χ3n) is 4.03. The minimum atomic E-state index is -0.0430. The van der Waals surface area contributed by atoms with Crippen LogP contribution < -0.4 is 0 Å². The number of hydrogen-bond acceptors (Lipinski definition) is 2. The molecule has 0 aliphatic carbocycles. The number of fused-ring (bicyclic) bond motifs is 1. The highest BCUT2D eigenvalue weighted by Gasteiger charge is 2.12. The van der Waals surface area contributed by atoms with Gasteiger partial charge in [0, 0.05) is 6.54 Å². The third kappa shape index (κ3) is 2.45. The van der Waals surface area contributed by atoms with E-state index in [4.69, 9.17) is 0 Å². The number of aryl methyl sites for hydroxylation is 3. The molecule has 2 aromatic carbocycles. The maximum absolute atomic E-state index is 9.60. The van der Waals surface area contributed by atoms with Crippen molar-refractivity contribution in [2.45, 2.75) is 33.9 Å². The van der Waals surface area contributed by atoms with Gasteiger partial charge in [0.1, 0.15) is 12.4 Å². The molecule has 0 unspecified atom stereocenters. The van der Waals surface area contributed by atoms with E-state index in [0.29, 0.717) is 0 Å². The molecule has 1 N–H and O–H groups in total. The zero-order chi connectivity index (χ0) is 15.0. The lowest BCUT2D eigenvalue weighted by atomic mass is 10.00. The second-order valence-electron chi connectivity index (χ2n) is 5.64. The van der Waals surface area contributed by atoms with E-state index in [0.717, 1.165) is 23.4 Å². The monoisotopic (exact) mass is 280 g/mol. The summed E-state index contributed by atoms with van der Waals surface area (Å²) in [5.41, 5.74) is 7.17. The van der Waals surface area contributed by atoms with Crippen LogP contribution in [0.2, 0.25) is 0 Å². The lowest BCUT2D eigenvalue weighted by Crippen LogP contribution is -2.08. The number of nitrogens with zero attached hydrogens (tertiary/aromatic N) is 2. The van der Waals surface area contributed by atoms with Gasteiger partial charge >= 0.3 is 0 Å². The summed E-state index contributed by atoms with van der Waals surface area (Å²) in [4.78, 5) is 4.52. The van der Waals surface area contributed by atoms with Crippen molar-refractivity contribution in [3.63, 3.8) is 0 Å². The topological polar surface area (TPSA) is 38.0 Å². The molecule has 0 bridgehead atoms. The summed E-state index contributed by atoms with van der Waals surface area (Å²) in [5.74, 6) is 0.718. The third-order valence-corrected chi connectivity index (χ3v) is 4.03. The highest BCUT2D eigenvalue weighted by molar-refractivity contribution is 5.76. The lowest BCUT2D eigenvalue weighted by Gasteiger charge is -2.14. The molecular weight excluding hydrogens is 260 g/mol. The normalized spacial score (nSPS) is 11.2. The van der Waals surface area contributed by atoms with Gasteiger partial charge < -0.3 is 9.67 Å².